The molecular weight excluding hydrogens is 267 g/mol. The molecule has 2 rings (SSSR count). The smallest absolute Gasteiger partial charge is 0.225 e. The second kappa shape index (κ2) is 7.55. The summed E-state index contributed by atoms with van der Waals surface area (Å²) >= 11 is 0. The third-order valence-electron chi connectivity index (χ3n) is 4.41. The van der Waals surface area contributed by atoms with Gasteiger partial charge in [-0.05, 0) is 43.7 Å². The van der Waals surface area contributed by atoms with Crippen LogP contribution in [0.4, 0.5) is 4.39 Å². The zero-order valence-corrected chi connectivity index (χ0v) is 12.7. The number of piperidine rings is 1. The van der Waals surface area contributed by atoms with Gasteiger partial charge in [0.1, 0.15) is 5.82 Å². The molecular formula is C17H25FN2O. The van der Waals surface area contributed by atoms with Crippen LogP contribution in [0, 0.1) is 11.7 Å². The lowest BCUT2D eigenvalue weighted by Crippen LogP contribution is -2.49. The fourth-order valence-corrected chi connectivity index (χ4v) is 3.02. The predicted octanol–water partition coefficient (Wildman–Crippen LogP) is 2.73. The van der Waals surface area contributed by atoms with E-state index in [0.29, 0.717) is 24.9 Å². The molecule has 1 fully saturated rings. The van der Waals surface area contributed by atoms with Crippen molar-refractivity contribution in [3.8, 4) is 0 Å². The molecule has 1 amide bonds. The molecule has 1 aliphatic heterocycles. The average Bonchev–Trinajstić information content (AvgIpc) is 2.53. The van der Waals surface area contributed by atoms with Crippen LogP contribution < -0.4 is 5.73 Å². The van der Waals surface area contributed by atoms with E-state index < -0.39 is 0 Å². The van der Waals surface area contributed by atoms with E-state index in [0.717, 1.165) is 25.8 Å². The Hall–Kier alpha value is -1.42. The Morgan fingerprint density at radius 2 is 2.19 bits per heavy atom. The molecule has 2 atom stereocenters. The maximum Gasteiger partial charge on any atom is 0.225 e. The standard InChI is InChI=1S/C17H25FN2O/c1-13(9-10-14-6-2-3-8-16(14)18)17(21)20-11-5-4-7-15(20)12-19/h2-3,6,8,13,15H,4-5,7,9-12,19H2,1H3/t13-,15-/m0/s1. The van der Waals surface area contributed by atoms with Gasteiger partial charge in [0.15, 0.2) is 0 Å². The molecule has 2 N–H and O–H groups in total. The minimum absolute atomic E-state index is 0.0863. The second-order valence-electron chi connectivity index (χ2n) is 5.95. The highest BCUT2D eigenvalue weighted by Gasteiger charge is 2.28. The first-order valence-corrected chi connectivity index (χ1v) is 7.87. The molecule has 0 aromatic heterocycles. The van der Waals surface area contributed by atoms with Crippen LogP contribution in [0.5, 0.6) is 0 Å². The maximum absolute atomic E-state index is 13.6. The number of nitrogens with zero attached hydrogens (tertiary/aromatic N) is 1. The SMILES string of the molecule is C[C@@H](CCc1ccccc1F)C(=O)N1CCCC[C@H]1CN. The number of benzene rings is 1. The van der Waals surface area contributed by atoms with Gasteiger partial charge in [-0.1, -0.05) is 25.1 Å². The van der Waals surface area contributed by atoms with Crippen LogP contribution in [-0.2, 0) is 11.2 Å². The van der Waals surface area contributed by atoms with Crippen molar-refractivity contribution < 1.29 is 9.18 Å². The van der Waals surface area contributed by atoms with E-state index in [-0.39, 0.29) is 23.7 Å². The lowest BCUT2D eigenvalue weighted by molar-refractivity contribution is -0.138. The van der Waals surface area contributed by atoms with E-state index in [1.807, 2.05) is 17.9 Å². The Morgan fingerprint density at radius 3 is 2.90 bits per heavy atom. The predicted molar refractivity (Wildman–Crippen MR) is 82.3 cm³/mol. The molecule has 116 valence electrons. The number of carbonyl (C=O) groups excluding carboxylic acids is 1. The van der Waals surface area contributed by atoms with Crippen molar-refractivity contribution in [2.24, 2.45) is 11.7 Å². The van der Waals surface area contributed by atoms with Crippen molar-refractivity contribution in [2.45, 2.75) is 45.1 Å². The lowest BCUT2D eigenvalue weighted by atomic mass is 9.96. The molecule has 0 saturated carbocycles. The third kappa shape index (κ3) is 4.03. The van der Waals surface area contributed by atoms with Crippen molar-refractivity contribution >= 4 is 5.91 Å². The monoisotopic (exact) mass is 292 g/mol. The van der Waals surface area contributed by atoms with Crippen LogP contribution >= 0.6 is 0 Å². The Bertz CT molecular complexity index is 478. The van der Waals surface area contributed by atoms with E-state index in [1.54, 1.807) is 12.1 Å². The van der Waals surface area contributed by atoms with Crippen molar-refractivity contribution in [3.05, 3.63) is 35.6 Å². The number of carbonyl (C=O) groups is 1. The summed E-state index contributed by atoms with van der Waals surface area (Å²) in [6.07, 6.45) is 4.48. The number of nitrogens with two attached hydrogens (primary N) is 1. The molecule has 4 heteroatoms. The Labute approximate surface area is 126 Å². The number of rotatable bonds is 5. The molecule has 1 aromatic carbocycles. The van der Waals surface area contributed by atoms with Crippen LogP contribution in [0.25, 0.3) is 0 Å². The topological polar surface area (TPSA) is 46.3 Å². The zero-order chi connectivity index (χ0) is 15.2. The van der Waals surface area contributed by atoms with Crippen molar-refractivity contribution in [2.75, 3.05) is 13.1 Å². The van der Waals surface area contributed by atoms with Gasteiger partial charge < -0.3 is 10.6 Å². The maximum atomic E-state index is 13.6. The van der Waals surface area contributed by atoms with Gasteiger partial charge in [0.25, 0.3) is 0 Å². The number of likely N-dealkylation sites (tertiary alicyclic amines) is 1. The van der Waals surface area contributed by atoms with Crippen molar-refractivity contribution in [1.29, 1.82) is 0 Å². The summed E-state index contributed by atoms with van der Waals surface area (Å²) in [5.41, 5.74) is 6.46. The summed E-state index contributed by atoms with van der Waals surface area (Å²) < 4.78 is 13.6. The molecule has 1 aromatic rings. The first kappa shape index (κ1) is 16.0. The van der Waals surface area contributed by atoms with Crippen molar-refractivity contribution in [3.63, 3.8) is 0 Å². The van der Waals surface area contributed by atoms with Gasteiger partial charge in [0.05, 0.1) is 0 Å². The highest BCUT2D eigenvalue weighted by atomic mass is 19.1. The van der Waals surface area contributed by atoms with Gasteiger partial charge >= 0.3 is 0 Å². The van der Waals surface area contributed by atoms with E-state index in [4.69, 9.17) is 5.73 Å². The summed E-state index contributed by atoms with van der Waals surface area (Å²) in [6.45, 7) is 3.28. The molecule has 21 heavy (non-hydrogen) atoms. The van der Waals surface area contributed by atoms with Gasteiger partial charge in [-0.2, -0.15) is 0 Å². The highest BCUT2D eigenvalue weighted by molar-refractivity contribution is 5.79. The summed E-state index contributed by atoms with van der Waals surface area (Å²) in [4.78, 5) is 14.5. The first-order chi connectivity index (χ1) is 10.1. The first-order valence-electron chi connectivity index (χ1n) is 7.87. The third-order valence-corrected chi connectivity index (χ3v) is 4.41. The summed E-state index contributed by atoms with van der Waals surface area (Å²) in [5, 5.41) is 0. The van der Waals surface area contributed by atoms with E-state index in [9.17, 15) is 9.18 Å². The van der Waals surface area contributed by atoms with E-state index >= 15 is 0 Å². The van der Waals surface area contributed by atoms with Crippen LogP contribution in [0.3, 0.4) is 0 Å². The number of hydrogen-bond donors (Lipinski definition) is 1. The normalized spacial score (nSPS) is 20.3. The van der Waals surface area contributed by atoms with Gasteiger partial charge in [0, 0.05) is 25.0 Å². The minimum Gasteiger partial charge on any atom is -0.338 e. The summed E-state index contributed by atoms with van der Waals surface area (Å²) in [6, 6.07) is 6.96. The lowest BCUT2D eigenvalue weighted by Gasteiger charge is -2.36. The fraction of sp³-hybridized carbons (Fsp3) is 0.588. The largest absolute Gasteiger partial charge is 0.338 e. The van der Waals surface area contributed by atoms with Crippen LogP contribution in [0.2, 0.25) is 0 Å². The summed E-state index contributed by atoms with van der Waals surface area (Å²) in [5.74, 6) is -0.104. The number of hydrogen-bond acceptors (Lipinski definition) is 2. The van der Waals surface area contributed by atoms with Crippen molar-refractivity contribution in [1.82, 2.24) is 4.90 Å². The molecule has 1 heterocycles. The quantitative estimate of drug-likeness (QED) is 0.907. The zero-order valence-electron chi connectivity index (χ0n) is 12.7. The van der Waals surface area contributed by atoms with Crippen LogP contribution in [0.15, 0.2) is 24.3 Å². The second-order valence-corrected chi connectivity index (χ2v) is 5.95. The van der Waals surface area contributed by atoms with Gasteiger partial charge in [-0.3, -0.25) is 4.79 Å². The van der Waals surface area contributed by atoms with Gasteiger partial charge in [-0.25, -0.2) is 4.39 Å². The Balaban J connectivity index is 1.91. The van der Waals surface area contributed by atoms with Gasteiger partial charge in [0.2, 0.25) is 5.91 Å². The molecule has 0 radical (unpaired) electrons. The Morgan fingerprint density at radius 1 is 1.43 bits per heavy atom. The minimum atomic E-state index is -0.185. The molecule has 3 nitrogen and oxygen atoms in total. The van der Waals surface area contributed by atoms with Crippen LogP contribution in [0.1, 0.15) is 38.2 Å². The molecule has 0 unspecified atom stereocenters. The Kier molecular flexibility index (Phi) is 5.74. The van der Waals surface area contributed by atoms with Crippen LogP contribution in [-0.4, -0.2) is 29.9 Å². The molecule has 0 aliphatic carbocycles. The van der Waals surface area contributed by atoms with E-state index in [1.165, 1.54) is 6.07 Å². The molecule has 0 spiro atoms. The molecule has 0 bridgehead atoms. The van der Waals surface area contributed by atoms with Gasteiger partial charge in [-0.15, -0.1) is 0 Å². The highest BCUT2D eigenvalue weighted by Crippen LogP contribution is 2.21. The summed E-state index contributed by atoms with van der Waals surface area (Å²) in [7, 11) is 0. The molecule has 1 saturated heterocycles. The van der Waals surface area contributed by atoms with E-state index in [2.05, 4.69) is 0 Å². The number of aryl methyl sites for hydroxylation is 1. The number of amides is 1. The molecule has 1 aliphatic rings. The fourth-order valence-electron chi connectivity index (χ4n) is 3.02. The number of halogens is 1. The average molecular weight is 292 g/mol.